The highest BCUT2D eigenvalue weighted by Gasteiger charge is 2.41. The van der Waals surface area contributed by atoms with Crippen LogP contribution >= 0.6 is 0 Å². The van der Waals surface area contributed by atoms with Crippen molar-refractivity contribution in [1.82, 2.24) is 40.0 Å². The van der Waals surface area contributed by atoms with Crippen LogP contribution in [0.25, 0.3) is 44.6 Å². The van der Waals surface area contributed by atoms with Gasteiger partial charge in [0.05, 0.1) is 49.7 Å². The molecule has 2 aliphatic heterocycles. The largest absolute Gasteiger partial charge is 0.488 e. The molecule has 2 saturated carbocycles. The molecule has 0 spiro atoms. The van der Waals surface area contributed by atoms with Gasteiger partial charge in [0.2, 0.25) is 0 Å². The van der Waals surface area contributed by atoms with Crippen LogP contribution in [0.3, 0.4) is 0 Å². The Bertz CT molecular complexity index is 2680. The van der Waals surface area contributed by atoms with E-state index in [-0.39, 0.29) is 41.6 Å². The standard InChI is InChI=1S/C22H27N5O4.C21H25N5O4.C2H6/c1-22(6-7-22)31-14-3-4-17-16(11-14)20(24-23-17)18-12-19(21(29)26(2)25-18)27-8-5-15(13-28)30-10-9-27;1-21(5-6-21)30-14-3-4-16-15(9-14)19(23-22-16)17-10-18(20(28)25(2)24-17)26-7-8-29-12-13(27)11-26;1-2/h3-4,11-12,15,28H,5-10,13H2,1-2H3,(H,23,24);3-4,9-10,13,27H,5-8,11-12H2,1-2H3,(H,22,23);1-2H3. The van der Waals surface area contributed by atoms with Crippen LogP contribution in [0.4, 0.5) is 11.4 Å². The van der Waals surface area contributed by atoms with Crippen LogP contribution in [0.15, 0.2) is 58.1 Å². The number of hydrogen-bond donors (Lipinski definition) is 4. The van der Waals surface area contributed by atoms with Crippen LogP contribution in [0.5, 0.6) is 11.5 Å². The number of nitrogens with one attached hydrogen (secondary N) is 2. The minimum absolute atomic E-state index is 0.0177. The first-order chi connectivity index (χ1) is 30.4. The second kappa shape index (κ2) is 18.1. The first-order valence-corrected chi connectivity index (χ1v) is 21.9. The van der Waals surface area contributed by atoms with Crippen molar-refractivity contribution in [1.29, 1.82) is 0 Å². The van der Waals surface area contributed by atoms with E-state index in [0.717, 1.165) is 59.0 Å². The molecule has 4 N–H and O–H groups in total. The van der Waals surface area contributed by atoms with Crippen molar-refractivity contribution in [2.24, 2.45) is 14.1 Å². The minimum Gasteiger partial charge on any atom is -0.488 e. The molecule has 0 bridgehead atoms. The van der Waals surface area contributed by atoms with Crippen LogP contribution in [0, 0.1) is 0 Å². The predicted octanol–water partition coefficient (Wildman–Crippen LogP) is 4.32. The molecule has 18 nitrogen and oxygen atoms in total. The molecule has 63 heavy (non-hydrogen) atoms. The number of ether oxygens (including phenoxy) is 4. The Balaban J connectivity index is 0.000000166. The Labute approximate surface area is 364 Å². The SMILES string of the molecule is CC.Cn1nc(-c2n[nH]c3ccc(OC4(C)CC4)cc23)cc(N2CCOC(CO)CC2)c1=O.Cn1nc(-c2n[nH]c3ccc(OC4(C)CC4)cc23)cc(N2CCOCC(O)C2)c1=O. The van der Waals surface area contributed by atoms with E-state index in [9.17, 15) is 19.8 Å². The highest BCUT2D eigenvalue weighted by Crippen LogP contribution is 2.42. The minimum atomic E-state index is -0.650. The van der Waals surface area contributed by atoms with E-state index < -0.39 is 6.10 Å². The van der Waals surface area contributed by atoms with Crippen molar-refractivity contribution >= 4 is 33.2 Å². The molecular weight excluding hydrogens is 809 g/mol. The summed E-state index contributed by atoms with van der Waals surface area (Å²) in [5.74, 6) is 1.60. The number of aryl methyl sites for hydroxylation is 2. The maximum absolute atomic E-state index is 12.9. The first-order valence-electron chi connectivity index (χ1n) is 21.9. The summed E-state index contributed by atoms with van der Waals surface area (Å²) in [5.41, 5.74) is 4.77. The summed E-state index contributed by atoms with van der Waals surface area (Å²) in [7, 11) is 3.27. The molecule has 2 aliphatic carbocycles. The van der Waals surface area contributed by atoms with Gasteiger partial charge in [0, 0.05) is 51.0 Å². The quantitative estimate of drug-likeness (QED) is 0.160. The Morgan fingerprint density at radius 1 is 0.746 bits per heavy atom. The van der Waals surface area contributed by atoms with Crippen LogP contribution in [0.2, 0.25) is 0 Å². The fourth-order valence-corrected chi connectivity index (χ4v) is 7.72. The topological polar surface area (TPSA) is 211 Å². The zero-order valence-electron chi connectivity index (χ0n) is 36.9. The highest BCUT2D eigenvalue weighted by atomic mass is 16.5. The van der Waals surface area contributed by atoms with Crippen molar-refractivity contribution in [2.75, 3.05) is 62.4 Å². The Morgan fingerprint density at radius 3 is 1.76 bits per heavy atom. The molecule has 6 heterocycles. The number of anilines is 2. The van der Waals surface area contributed by atoms with Gasteiger partial charge in [-0.15, -0.1) is 0 Å². The number of aliphatic hydroxyl groups excluding tert-OH is 2. The fourth-order valence-electron chi connectivity index (χ4n) is 7.72. The molecule has 2 atom stereocenters. The van der Waals surface area contributed by atoms with Crippen molar-refractivity contribution in [2.45, 2.75) is 83.2 Å². The average Bonchev–Trinajstić information content (AvgIpc) is 4.14. The van der Waals surface area contributed by atoms with Crippen molar-refractivity contribution in [3.63, 3.8) is 0 Å². The Morgan fingerprint density at radius 2 is 1.25 bits per heavy atom. The third-order valence-electron chi connectivity index (χ3n) is 11.8. The van der Waals surface area contributed by atoms with E-state index in [2.05, 4.69) is 44.4 Å². The van der Waals surface area contributed by atoms with Crippen LogP contribution in [-0.4, -0.2) is 126 Å². The lowest BCUT2D eigenvalue weighted by Crippen LogP contribution is -2.38. The van der Waals surface area contributed by atoms with E-state index in [1.807, 2.05) is 60.0 Å². The average molecular weight is 867 g/mol. The molecule has 0 amide bonds. The second-order valence-electron chi connectivity index (χ2n) is 17.0. The van der Waals surface area contributed by atoms with Gasteiger partial charge in [-0.2, -0.15) is 20.4 Å². The van der Waals surface area contributed by atoms with E-state index in [0.29, 0.717) is 80.0 Å². The number of fused-ring (bicyclic) bond motifs is 2. The number of rotatable bonds is 9. The molecule has 4 fully saturated rings. The maximum atomic E-state index is 12.9. The van der Waals surface area contributed by atoms with Gasteiger partial charge in [-0.1, -0.05) is 13.8 Å². The molecule has 4 aromatic heterocycles. The summed E-state index contributed by atoms with van der Waals surface area (Å²) in [6, 6.07) is 15.3. The number of β-amino-alcohol motifs (C(OH)–C–C–N with tert-alkyl or cyclic N) is 1. The van der Waals surface area contributed by atoms with Crippen molar-refractivity contribution in [3.05, 3.63) is 69.2 Å². The summed E-state index contributed by atoms with van der Waals surface area (Å²) in [6.45, 7) is 11.4. The smallest absolute Gasteiger partial charge is 0.290 e. The monoisotopic (exact) mass is 866 g/mol. The lowest BCUT2D eigenvalue weighted by atomic mass is 10.1. The van der Waals surface area contributed by atoms with Crippen molar-refractivity contribution in [3.8, 4) is 34.3 Å². The molecule has 336 valence electrons. The van der Waals surface area contributed by atoms with E-state index in [4.69, 9.17) is 18.9 Å². The summed E-state index contributed by atoms with van der Waals surface area (Å²) >= 11 is 0. The molecule has 4 aliphatic rings. The summed E-state index contributed by atoms with van der Waals surface area (Å²) in [6.07, 6.45) is 4.04. The molecule has 18 heteroatoms. The molecular formula is C45H58N10O8. The van der Waals surface area contributed by atoms with Gasteiger partial charge in [0.15, 0.2) is 0 Å². The fraction of sp³-hybridized carbons (Fsp3) is 0.511. The second-order valence-corrected chi connectivity index (χ2v) is 17.0. The van der Waals surface area contributed by atoms with Crippen LogP contribution < -0.4 is 30.4 Å². The zero-order chi connectivity index (χ0) is 44.5. The van der Waals surface area contributed by atoms with Crippen LogP contribution in [0.1, 0.15) is 59.8 Å². The van der Waals surface area contributed by atoms with E-state index in [1.54, 1.807) is 26.2 Å². The Kier molecular flexibility index (Phi) is 12.6. The summed E-state index contributed by atoms with van der Waals surface area (Å²) in [5, 5.41) is 45.2. The number of H-pyrrole nitrogens is 2. The number of benzene rings is 2. The van der Waals surface area contributed by atoms with Gasteiger partial charge < -0.3 is 39.0 Å². The number of aromatic nitrogens is 8. The summed E-state index contributed by atoms with van der Waals surface area (Å²) in [4.78, 5) is 29.5. The normalized spacial score (nSPS) is 20.2. The number of aromatic amines is 2. The molecule has 10 rings (SSSR count). The maximum Gasteiger partial charge on any atom is 0.290 e. The molecule has 0 radical (unpaired) electrons. The van der Waals surface area contributed by atoms with Crippen LogP contribution in [-0.2, 0) is 23.6 Å². The van der Waals surface area contributed by atoms with E-state index in [1.165, 1.54) is 9.36 Å². The van der Waals surface area contributed by atoms with Crippen molar-refractivity contribution < 1.29 is 29.2 Å². The highest BCUT2D eigenvalue weighted by molar-refractivity contribution is 5.94. The molecule has 2 aromatic carbocycles. The van der Waals surface area contributed by atoms with Gasteiger partial charge in [0.25, 0.3) is 11.1 Å². The lowest BCUT2D eigenvalue weighted by Gasteiger charge is -2.23. The van der Waals surface area contributed by atoms with Gasteiger partial charge in [-0.3, -0.25) is 19.8 Å². The number of nitrogens with zero attached hydrogens (tertiary/aromatic N) is 8. The van der Waals surface area contributed by atoms with Gasteiger partial charge in [-0.25, -0.2) is 9.36 Å². The van der Waals surface area contributed by atoms with E-state index >= 15 is 0 Å². The molecule has 6 aromatic rings. The zero-order valence-corrected chi connectivity index (χ0v) is 36.9. The predicted molar refractivity (Wildman–Crippen MR) is 240 cm³/mol. The number of hydrogen-bond acceptors (Lipinski definition) is 14. The third kappa shape index (κ3) is 9.73. The van der Waals surface area contributed by atoms with Gasteiger partial charge >= 0.3 is 0 Å². The molecule has 2 unspecified atom stereocenters. The first kappa shape index (κ1) is 43.8. The third-order valence-corrected chi connectivity index (χ3v) is 11.8. The van der Waals surface area contributed by atoms with Gasteiger partial charge in [-0.05, 0) is 94.5 Å². The molecule has 2 saturated heterocycles. The lowest BCUT2D eigenvalue weighted by molar-refractivity contribution is 0.0222. The Hall–Kier alpha value is -5.82. The summed E-state index contributed by atoms with van der Waals surface area (Å²) < 4.78 is 25.9. The van der Waals surface area contributed by atoms with Gasteiger partial charge in [0.1, 0.15) is 56.9 Å². The number of aliphatic hydroxyl groups is 2.